The molecule has 2 N–H and O–H groups in total. The molecule has 1 atom stereocenters. The Morgan fingerprint density at radius 3 is 2.37 bits per heavy atom. The van der Waals surface area contributed by atoms with Crippen molar-refractivity contribution >= 4 is 35.0 Å². The SMILES string of the molecule is Cc1ccccc1NC(=O)C(Sc1cccc(NC(=O)C2CC2)c1)c1ccccc1. The van der Waals surface area contributed by atoms with Crippen LogP contribution in [-0.2, 0) is 9.59 Å². The molecule has 3 aromatic carbocycles. The monoisotopic (exact) mass is 416 g/mol. The first-order valence-electron chi connectivity index (χ1n) is 10.1. The summed E-state index contributed by atoms with van der Waals surface area (Å²) in [5, 5.41) is 5.63. The minimum atomic E-state index is -0.416. The molecule has 0 saturated heterocycles. The highest BCUT2D eigenvalue weighted by Crippen LogP contribution is 2.38. The van der Waals surface area contributed by atoms with Crippen LogP contribution >= 0.6 is 11.8 Å². The zero-order chi connectivity index (χ0) is 20.9. The normalized spacial score (nSPS) is 14.0. The van der Waals surface area contributed by atoms with Crippen LogP contribution in [0.25, 0.3) is 0 Å². The number of amides is 2. The number of carbonyl (C=O) groups excluding carboxylic acids is 2. The van der Waals surface area contributed by atoms with Gasteiger partial charge in [-0.2, -0.15) is 0 Å². The molecule has 4 rings (SSSR count). The molecule has 4 nitrogen and oxygen atoms in total. The number of anilines is 2. The number of hydrogen-bond donors (Lipinski definition) is 2. The van der Waals surface area contributed by atoms with E-state index in [0.717, 1.165) is 40.2 Å². The molecule has 1 aliphatic rings. The molecule has 0 radical (unpaired) electrons. The summed E-state index contributed by atoms with van der Waals surface area (Å²) in [6.45, 7) is 1.98. The van der Waals surface area contributed by atoms with Gasteiger partial charge in [0.2, 0.25) is 11.8 Å². The number of carbonyl (C=O) groups is 2. The van der Waals surface area contributed by atoms with E-state index < -0.39 is 5.25 Å². The highest BCUT2D eigenvalue weighted by molar-refractivity contribution is 8.00. The maximum absolute atomic E-state index is 13.2. The second-order valence-electron chi connectivity index (χ2n) is 7.50. The lowest BCUT2D eigenvalue weighted by Crippen LogP contribution is -2.19. The van der Waals surface area contributed by atoms with Crippen molar-refractivity contribution < 1.29 is 9.59 Å². The molecule has 0 bridgehead atoms. The van der Waals surface area contributed by atoms with E-state index in [1.807, 2.05) is 85.8 Å². The minimum absolute atomic E-state index is 0.0760. The van der Waals surface area contributed by atoms with E-state index in [2.05, 4.69) is 10.6 Å². The summed E-state index contributed by atoms with van der Waals surface area (Å²) < 4.78 is 0. The molecular weight excluding hydrogens is 392 g/mol. The Kier molecular flexibility index (Phi) is 6.19. The molecule has 2 amide bonds. The third-order valence-electron chi connectivity index (χ3n) is 5.05. The molecule has 1 fully saturated rings. The topological polar surface area (TPSA) is 58.2 Å². The van der Waals surface area contributed by atoms with E-state index in [9.17, 15) is 9.59 Å². The first-order chi connectivity index (χ1) is 14.6. The van der Waals surface area contributed by atoms with Crippen LogP contribution in [-0.4, -0.2) is 11.8 Å². The summed E-state index contributed by atoms with van der Waals surface area (Å²) in [6.07, 6.45) is 1.94. The van der Waals surface area contributed by atoms with Crippen molar-refractivity contribution in [2.24, 2.45) is 5.92 Å². The van der Waals surface area contributed by atoms with Gasteiger partial charge in [0.15, 0.2) is 0 Å². The Hall–Kier alpha value is -3.05. The summed E-state index contributed by atoms with van der Waals surface area (Å²) in [7, 11) is 0. The number of para-hydroxylation sites is 1. The van der Waals surface area contributed by atoms with Crippen LogP contribution < -0.4 is 10.6 Å². The Morgan fingerprint density at radius 1 is 0.900 bits per heavy atom. The van der Waals surface area contributed by atoms with Crippen molar-refractivity contribution in [2.75, 3.05) is 10.6 Å². The molecule has 1 unspecified atom stereocenters. The Bertz CT molecular complexity index is 1050. The number of benzene rings is 3. The number of hydrogen-bond acceptors (Lipinski definition) is 3. The van der Waals surface area contributed by atoms with E-state index in [0.29, 0.717) is 0 Å². The van der Waals surface area contributed by atoms with Crippen LogP contribution in [0.3, 0.4) is 0 Å². The van der Waals surface area contributed by atoms with Gasteiger partial charge in [-0.1, -0.05) is 54.6 Å². The minimum Gasteiger partial charge on any atom is -0.326 e. The van der Waals surface area contributed by atoms with Crippen LogP contribution in [0.1, 0.15) is 29.2 Å². The predicted octanol–water partition coefficient (Wildman–Crippen LogP) is 5.82. The number of aryl methyl sites for hydroxylation is 1. The fraction of sp³-hybridized carbons (Fsp3) is 0.200. The number of thioether (sulfide) groups is 1. The Morgan fingerprint density at radius 2 is 1.63 bits per heavy atom. The quantitative estimate of drug-likeness (QED) is 0.478. The average molecular weight is 417 g/mol. The molecular formula is C25H24N2O2S. The summed E-state index contributed by atoms with van der Waals surface area (Å²) in [5.74, 6) is 0.153. The molecule has 1 aliphatic carbocycles. The van der Waals surface area contributed by atoms with Crippen molar-refractivity contribution in [3.8, 4) is 0 Å². The van der Waals surface area contributed by atoms with Gasteiger partial charge in [0.1, 0.15) is 5.25 Å². The van der Waals surface area contributed by atoms with E-state index in [-0.39, 0.29) is 17.7 Å². The fourth-order valence-corrected chi connectivity index (χ4v) is 4.27. The summed E-state index contributed by atoms with van der Waals surface area (Å²) in [5.41, 5.74) is 3.53. The molecule has 3 aromatic rings. The van der Waals surface area contributed by atoms with Crippen molar-refractivity contribution in [1.82, 2.24) is 0 Å². The van der Waals surface area contributed by atoms with Crippen LogP contribution in [0.15, 0.2) is 83.8 Å². The molecule has 0 heterocycles. The Labute approximate surface area is 181 Å². The molecule has 0 spiro atoms. The molecule has 0 aromatic heterocycles. The second-order valence-corrected chi connectivity index (χ2v) is 8.68. The third kappa shape index (κ3) is 5.10. The molecule has 30 heavy (non-hydrogen) atoms. The van der Waals surface area contributed by atoms with Crippen molar-refractivity contribution in [1.29, 1.82) is 0 Å². The van der Waals surface area contributed by atoms with Gasteiger partial charge in [0.25, 0.3) is 0 Å². The van der Waals surface area contributed by atoms with Crippen LogP contribution in [0.4, 0.5) is 11.4 Å². The van der Waals surface area contributed by atoms with E-state index in [1.54, 1.807) is 0 Å². The van der Waals surface area contributed by atoms with Gasteiger partial charge in [-0.15, -0.1) is 11.8 Å². The van der Waals surface area contributed by atoms with Gasteiger partial charge in [-0.05, 0) is 55.2 Å². The molecule has 1 saturated carbocycles. The lowest BCUT2D eigenvalue weighted by Gasteiger charge is -2.18. The molecule has 5 heteroatoms. The fourth-order valence-electron chi connectivity index (χ4n) is 3.19. The second kappa shape index (κ2) is 9.18. The maximum atomic E-state index is 13.2. The van der Waals surface area contributed by atoms with Gasteiger partial charge < -0.3 is 10.6 Å². The summed E-state index contributed by atoms with van der Waals surface area (Å²) in [4.78, 5) is 26.2. The Balaban J connectivity index is 1.55. The average Bonchev–Trinajstić information content (AvgIpc) is 3.60. The summed E-state index contributed by atoms with van der Waals surface area (Å²) in [6, 6.07) is 25.2. The van der Waals surface area contributed by atoms with Gasteiger partial charge in [-0.25, -0.2) is 0 Å². The molecule has 0 aliphatic heterocycles. The lowest BCUT2D eigenvalue weighted by molar-refractivity contribution is -0.117. The maximum Gasteiger partial charge on any atom is 0.242 e. The van der Waals surface area contributed by atoms with Gasteiger partial charge in [0.05, 0.1) is 0 Å². The number of nitrogens with one attached hydrogen (secondary N) is 2. The predicted molar refractivity (Wildman–Crippen MR) is 123 cm³/mol. The van der Waals surface area contributed by atoms with Crippen molar-refractivity contribution in [3.05, 3.63) is 90.0 Å². The van der Waals surface area contributed by atoms with Crippen molar-refractivity contribution in [3.63, 3.8) is 0 Å². The highest BCUT2D eigenvalue weighted by atomic mass is 32.2. The van der Waals surface area contributed by atoms with E-state index in [4.69, 9.17) is 0 Å². The van der Waals surface area contributed by atoms with Gasteiger partial charge in [0, 0.05) is 22.2 Å². The van der Waals surface area contributed by atoms with Crippen LogP contribution in [0.2, 0.25) is 0 Å². The number of rotatable bonds is 7. The van der Waals surface area contributed by atoms with Gasteiger partial charge in [-0.3, -0.25) is 9.59 Å². The van der Waals surface area contributed by atoms with E-state index in [1.165, 1.54) is 11.8 Å². The lowest BCUT2D eigenvalue weighted by atomic mass is 10.1. The highest BCUT2D eigenvalue weighted by Gasteiger charge is 2.29. The third-order valence-corrected chi connectivity index (χ3v) is 6.30. The van der Waals surface area contributed by atoms with Crippen LogP contribution in [0.5, 0.6) is 0 Å². The smallest absolute Gasteiger partial charge is 0.242 e. The summed E-state index contributed by atoms with van der Waals surface area (Å²) >= 11 is 1.48. The first-order valence-corrected chi connectivity index (χ1v) is 11.0. The zero-order valence-electron chi connectivity index (χ0n) is 16.8. The molecule has 152 valence electrons. The van der Waals surface area contributed by atoms with E-state index >= 15 is 0 Å². The standard InChI is InChI=1S/C25H24N2O2S/c1-17-8-5-6-13-22(17)27-25(29)23(18-9-3-2-4-10-18)30-21-12-7-11-20(16-21)26-24(28)19-14-15-19/h2-13,16,19,23H,14-15H2,1H3,(H,26,28)(H,27,29). The largest absolute Gasteiger partial charge is 0.326 e. The van der Waals surface area contributed by atoms with Crippen LogP contribution in [0, 0.1) is 12.8 Å². The zero-order valence-corrected chi connectivity index (χ0v) is 17.6. The van der Waals surface area contributed by atoms with Crippen molar-refractivity contribution in [2.45, 2.75) is 29.9 Å². The first kappa shape index (κ1) is 20.2. The van der Waals surface area contributed by atoms with Gasteiger partial charge >= 0.3 is 0 Å².